The lowest BCUT2D eigenvalue weighted by molar-refractivity contribution is -0.136. The standard InChI is InChI=1S/C17H23NO4/c1-22-15-10-6-5-9-14(15)18(12-11-16(19)20)17(21)13-7-3-2-4-8-13/h5-6,9-10,13H,2-4,7-8,11-12H2,1H3,(H,19,20). The highest BCUT2D eigenvalue weighted by atomic mass is 16.5. The molecule has 1 N–H and O–H groups in total. The minimum absolute atomic E-state index is 0.00698. The molecule has 2 rings (SSSR count). The summed E-state index contributed by atoms with van der Waals surface area (Å²) in [5, 5.41) is 8.96. The van der Waals surface area contributed by atoms with Gasteiger partial charge in [-0.15, -0.1) is 0 Å². The zero-order chi connectivity index (χ0) is 15.9. The number of amides is 1. The largest absolute Gasteiger partial charge is 0.495 e. The van der Waals surface area contributed by atoms with Gasteiger partial charge in [-0.1, -0.05) is 31.4 Å². The highest BCUT2D eigenvalue weighted by Crippen LogP contribution is 2.32. The second kappa shape index (κ2) is 7.82. The number of carbonyl (C=O) groups excluding carboxylic acids is 1. The molecule has 22 heavy (non-hydrogen) atoms. The predicted octanol–water partition coefficient (Wildman–Crippen LogP) is 3.08. The number of carboxylic acids is 1. The van der Waals surface area contributed by atoms with Crippen molar-refractivity contribution < 1.29 is 19.4 Å². The quantitative estimate of drug-likeness (QED) is 0.877. The summed E-state index contributed by atoms with van der Waals surface area (Å²) in [4.78, 5) is 25.4. The SMILES string of the molecule is COc1ccccc1N(CCC(=O)O)C(=O)C1CCCCC1. The van der Waals surface area contributed by atoms with Crippen molar-refractivity contribution in [1.29, 1.82) is 0 Å². The minimum atomic E-state index is -0.906. The lowest BCUT2D eigenvalue weighted by Crippen LogP contribution is -2.38. The molecule has 120 valence electrons. The molecule has 0 spiro atoms. The van der Waals surface area contributed by atoms with Crippen molar-refractivity contribution in [3.8, 4) is 5.75 Å². The molecule has 0 saturated heterocycles. The van der Waals surface area contributed by atoms with E-state index in [1.54, 1.807) is 24.1 Å². The summed E-state index contributed by atoms with van der Waals surface area (Å²) in [6.45, 7) is 0.172. The molecule has 1 aromatic carbocycles. The highest BCUT2D eigenvalue weighted by Gasteiger charge is 2.28. The average Bonchev–Trinajstić information content (AvgIpc) is 2.55. The Morgan fingerprint density at radius 3 is 2.55 bits per heavy atom. The van der Waals surface area contributed by atoms with Gasteiger partial charge in [0, 0.05) is 12.5 Å². The number of nitrogens with zero attached hydrogens (tertiary/aromatic N) is 1. The van der Waals surface area contributed by atoms with E-state index in [-0.39, 0.29) is 24.8 Å². The number of carboxylic acid groups (broad SMARTS) is 1. The normalized spacial score (nSPS) is 15.3. The second-order valence-corrected chi connectivity index (χ2v) is 5.64. The Hall–Kier alpha value is -2.04. The minimum Gasteiger partial charge on any atom is -0.495 e. The zero-order valence-electron chi connectivity index (χ0n) is 13.0. The fourth-order valence-electron chi connectivity index (χ4n) is 2.98. The number of hydrogen-bond acceptors (Lipinski definition) is 3. The number of anilines is 1. The van der Waals surface area contributed by atoms with Crippen LogP contribution in [0.25, 0.3) is 0 Å². The van der Waals surface area contributed by atoms with E-state index in [0.717, 1.165) is 25.7 Å². The van der Waals surface area contributed by atoms with Crippen molar-refractivity contribution in [2.75, 3.05) is 18.6 Å². The number of aliphatic carboxylic acids is 1. The molecule has 1 fully saturated rings. The molecule has 0 radical (unpaired) electrons. The van der Waals surface area contributed by atoms with Gasteiger partial charge < -0.3 is 14.7 Å². The predicted molar refractivity (Wildman–Crippen MR) is 84.2 cm³/mol. The highest BCUT2D eigenvalue weighted by molar-refractivity contribution is 5.96. The molecule has 1 amide bonds. The average molecular weight is 305 g/mol. The maximum atomic E-state index is 12.9. The van der Waals surface area contributed by atoms with Gasteiger partial charge in [0.05, 0.1) is 19.2 Å². The van der Waals surface area contributed by atoms with Gasteiger partial charge in [0.1, 0.15) is 5.75 Å². The molecule has 1 aliphatic rings. The zero-order valence-corrected chi connectivity index (χ0v) is 13.0. The molecule has 5 heteroatoms. The van der Waals surface area contributed by atoms with Crippen LogP contribution in [0.5, 0.6) is 5.75 Å². The molecule has 0 aromatic heterocycles. The maximum absolute atomic E-state index is 12.9. The van der Waals surface area contributed by atoms with Crippen LogP contribution in [0, 0.1) is 5.92 Å². The van der Waals surface area contributed by atoms with Crippen LogP contribution in [0.4, 0.5) is 5.69 Å². The van der Waals surface area contributed by atoms with Gasteiger partial charge in [0.25, 0.3) is 0 Å². The van der Waals surface area contributed by atoms with E-state index in [2.05, 4.69) is 0 Å². The van der Waals surface area contributed by atoms with Crippen molar-refractivity contribution in [3.05, 3.63) is 24.3 Å². The topological polar surface area (TPSA) is 66.8 Å². The molecule has 0 atom stereocenters. The number of hydrogen-bond donors (Lipinski definition) is 1. The Bertz CT molecular complexity index is 523. The Kier molecular flexibility index (Phi) is 5.81. The van der Waals surface area contributed by atoms with Crippen LogP contribution in [-0.4, -0.2) is 30.6 Å². The van der Waals surface area contributed by atoms with Crippen LogP contribution in [0.1, 0.15) is 38.5 Å². The van der Waals surface area contributed by atoms with Crippen LogP contribution >= 0.6 is 0 Å². The third-order valence-corrected chi connectivity index (χ3v) is 4.15. The van der Waals surface area contributed by atoms with Gasteiger partial charge in [0.2, 0.25) is 5.91 Å². The molecule has 0 aliphatic heterocycles. The summed E-state index contributed by atoms with van der Waals surface area (Å²) in [5.74, 6) is -0.300. The first-order valence-electron chi connectivity index (χ1n) is 7.79. The number of methoxy groups -OCH3 is 1. The third kappa shape index (κ3) is 4.00. The number of carbonyl (C=O) groups is 2. The van der Waals surface area contributed by atoms with Gasteiger partial charge in [-0.3, -0.25) is 9.59 Å². The van der Waals surface area contributed by atoms with Crippen LogP contribution in [0.2, 0.25) is 0 Å². The molecule has 0 heterocycles. The number of ether oxygens (including phenoxy) is 1. The van der Waals surface area contributed by atoms with Crippen LogP contribution < -0.4 is 9.64 Å². The summed E-state index contributed by atoms with van der Waals surface area (Å²) < 4.78 is 5.33. The van der Waals surface area contributed by atoms with E-state index in [0.29, 0.717) is 11.4 Å². The number of benzene rings is 1. The number of rotatable bonds is 6. The number of para-hydroxylation sites is 2. The summed E-state index contributed by atoms with van der Waals surface area (Å²) in [6.07, 6.45) is 5.00. The molecular formula is C17H23NO4. The van der Waals surface area contributed by atoms with Gasteiger partial charge in [-0.05, 0) is 25.0 Å². The van der Waals surface area contributed by atoms with Gasteiger partial charge >= 0.3 is 5.97 Å². The Balaban J connectivity index is 2.24. The Morgan fingerprint density at radius 2 is 1.91 bits per heavy atom. The van der Waals surface area contributed by atoms with Crippen molar-refractivity contribution in [1.82, 2.24) is 0 Å². The van der Waals surface area contributed by atoms with E-state index in [4.69, 9.17) is 9.84 Å². The van der Waals surface area contributed by atoms with E-state index in [1.807, 2.05) is 12.1 Å². The molecule has 1 saturated carbocycles. The first-order valence-corrected chi connectivity index (χ1v) is 7.79. The Morgan fingerprint density at radius 1 is 1.23 bits per heavy atom. The first kappa shape index (κ1) is 16.3. The first-order chi connectivity index (χ1) is 10.6. The maximum Gasteiger partial charge on any atom is 0.305 e. The van der Waals surface area contributed by atoms with Crippen LogP contribution in [0.3, 0.4) is 0 Å². The fourth-order valence-corrected chi connectivity index (χ4v) is 2.98. The van der Waals surface area contributed by atoms with E-state index < -0.39 is 5.97 Å². The van der Waals surface area contributed by atoms with Crippen molar-refractivity contribution >= 4 is 17.6 Å². The molecule has 0 unspecified atom stereocenters. The van der Waals surface area contributed by atoms with E-state index >= 15 is 0 Å². The lowest BCUT2D eigenvalue weighted by Gasteiger charge is -2.30. The van der Waals surface area contributed by atoms with Gasteiger partial charge in [0.15, 0.2) is 0 Å². The summed E-state index contributed by atoms with van der Waals surface area (Å²) in [5.41, 5.74) is 0.654. The molecular weight excluding hydrogens is 282 g/mol. The van der Waals surface area contributed by atoms with E-state index in [9.17, 15) is 9.59 Å². The van der Waals surface area contributed by atoms with Crippen molar-refractivity contribution in [3.63, 3.8) is 0 Å². The van der Waals surface area contributed by atoms with Gasteiger partial charge in [-0.2, -0.15) is 0 Å². The smallest absolute Gasteiger partial charge is 0.305 e. The summed E-state index contributed by atoms with van der Waals surface area (Å²) >= 11 is 0. The van der Waals surface area contributed by atoms with Crippen molar-refractivity contribution in [2.24, 2.45) is 5.92 Å². The molecule has 1 aromatic rings. The van der Waals surface area contributed by atoms with Crippen LogP contribution in [-0.2, 0) is 9.59 Å². The molecule has 5 nitrogen and oxygen atoms in total. The molecule has 1 aliphatic carbocycles. The van der Waals surface area contributed by atoms with Crippen molar-refractivity contribution in [2.45, 2.75) is 38.5 Å². The summed E-state index contributed by atoms with van der Waals surface area (Å²) in [6, 6.07) is 7.27. The van der Waals surface area contributed by atoms with Gasteiger partial charge in [-0.25, -0.2) is 0 Å². The Labute approximate surface area is 130 Å². The second-order valence-electron chi connectivity index (χ2n) is 5.64. The summed E-state index contributed by atoms with van der Waals surface area (Å²) in [7, 11) is 1.55. The van der Waals surface area contributed by atoms with E-state index in [1.165, 1.54) is 6.42 Å². The molecule has 0 bridgehead atoms. The fraction of sp³-hybridized carbons (Fsp3) is 0.529. The van der Waals surface area contributed by atoms with Crippen LogP contribution in [0.15, 0.2) is 24.3 Å². The third-order valence-electron chi connectivity index (χ3n) is 4.15. The lowest BCUT2D eigenvalue weighted by atomic mass is 9.88. The monoisotopic (exact) mass is 305 g/mol.